The highest BCUT2D eigenvalue weighted by Gasteiger charge is 2.25. The molecule has 0 bridgehead atoms. The maximum atomic E-state index is 5.93. The molecule has 1 atom stereocenters. The number of benzene rings is 1. The van der Waals surface area contributed by atoms with Crippen LogP contribution in [0.25, 0.3) is 10.4 Å². The van der Waals surface area contributed by atoms with E-state index in [0.717, 1.165) is 17.0 Å². The Morgan fingerprint density at radius 1 is 1.47 bits per heavy atom. The van der Waals surface area contributed by atoms with E-state index in [1.807, 2.05) is 30.6 Å². The van der Waals surface area contributed by atoms with Crippen LogP contribution in [0.4, 0.5) is 0 Å². The summed E-state index contributed by atoms with van der Waals surface area (Å²) in [6, 6.07) is 5.72. The quantitative estimate of drug-likeness (QED) is 0.693. The molecule has 15 heavy (non-hydrogen) atoms. The molecule has 2 heterocycles. The summed E-state index contributed by atoms with van der Waals surface area (Å²) in [4.78, 5) is 5.51. The fourth-order valence-electron chi connectivity index (χ4n) is 1.77. The minimum Gasteiger partial charge on any atom is -0.484 e. The molecular formula is C11H8ClNOS. The normalized spacial score (nSPS) is 17.9. The molecule has 0 N–H and O–H groups in total. The van der Waals surface area contributed by atoms with Crippen LogP contribution in [0.2, 0.25) is 5.02 Å². The first-order chi connectivity index (χ1) is 7.25. The van der Waals surface area contributed by atoms with Gasteiger partial charge in [-0.3, -0.25) is 0 Å². The van der Waals surface area contributed by atoms with Gasteiger partial charge in [-0.05, 0) is 25.1 Å². The van der Waals surface area contributed by atoms with Crippen molar-refractivity contribution in [2.45, 2.75) is 13.0 Å². The summed E-state index contributed by atoms with van der Waals surface area (Å²) in [5, 5.41) is 0.703. The van der Waals surface area contributed by atoms with Gasteiger partial charge < -0.3 is 4.74 Å². The lowest BCUT2D eigenvalue weighted by atomic mass is 10.1. The number of nitrogens with zero attached hydrogens (tertiary/aromatic N) is 1. The fraction of sp³-hybridized carbons (Fsp3) is 0.182. The van der Waals surface area contributed by atoms with Gasteiger partial charge in [0.1, 0.15) is 11.9 Å². The number of rotatable bonds is 0. The lowest BCUT2D eigenvalue weighted by Gasteiger charge is -2.22. The number of thiazole rings is 1. The second kappa shape index (κ2) is 3.22. The molecule has 0 spiro atoms. The van der Waals surface area contributed by atoms with Gasteiger partial charge >= 0.3 is 0 Å². The van der Waals surface area contributed by atoms with Crippen molar-refractivity contribution < 1.29 is 4.74 Å². The second-order valence-electron chi connectivity index (χ2n) is 3.47. The summed E-state index contributed by atoms with van der Waals surface area (Å²) in [7, 11) is 0. The Balaban J connectivity index is 2.27. The van der Waals surface area contributed by atoms with Gasteiger partial charge in [0.05, 0.1) is 16.1 Å². The molecule has 1 unspecified atom stereocenters. The topological polar surface area (TPSA) is 22.1 Å². The molecule has 2 aromatic rings. The maximum Gasteiger partial charge on any atom is 0.139 e. The Labute approximate surface area is 96.5 Å². The number of aromatic nitrogens is 1. The predicted octanol–water partition coefficient (Wildman–Crippen LogP) is 3.92. The first-order valence-corrected chi connectivity index (χ1v) is 5.91. The van der Waals surface area contributed by atoms with Crippen LogP contribution in [0.1, 0.15) is 18.7 Å². The molecule has 1 aromatic heterocycles. The van der Waals surface area contributed by atoms with Crippen LogP contribution in [0.3, 0.4) is 0 Å². The second-order valence-corrected chi connectivity index (χ2v) is 4.76. The average molecular weight is 238 g/mol. The number of hydrogen-bond acceptors (Lipinski definition) is 3. The zero-order valence-corrected chi connectivity index (χ0v) is 9.60. The third-order valence-electron chi connectivity index (χ3n) is 2.47. The highest BCUT2D eigenvalue weighted by Crippen LogP contribution is 2.44. The van der Waals surface area contributed by atoms with Crippen molar-refractivity contribution in [3.8, 4) is 16.2 Å². The van der Waals surface area contributed by atoms with E-state index >= 15 is 0 Å². The molecule has 0 saturated heterocycles. The minimum atomic E-state index is 0.0113. The number of hydrogen-bond donors (Lipinski definition) is 0. The summed E-state index contributed by atoms with van der Waals surface area (Å²) < 4.78 is 5.76. The molecule has 0 fully saturated rings. The molecule has 4 heteroatoms. The van der Waals surface area contributed by atoms with Crippen molar-refractivity contribution >= 4 is 22.9 Å². The molecule has 1 aromatic carbocycles. The van der Waals surface area contributed by atoms with E-state index in [9.17, 15) is 0 Å². The lowest BCUT2D eigenvalue weighted by Crippen LogP contribution is -2.09. The first-order valence-electron chi connectivity index (χ1n) is 4.65. The molecule has 0 amide bonds. The third kappa shape index (κ3) is 1.34. The molecule has 1 aliphatic rings. The van der Waals surface area contributed by atoms with Gasteiger partial charge in [0.2, 0.25) is 0 Å². The highest BCUT2D eigenvalue weighted by atomic mass is 35.5. The zero-order chi connectivity index (χ0) is 10.4. The lowest BCUT2D eigenvalue weighted by molar-refractivity contribution is 0.219. The van der Waals surface area contributed by atoms with Crippen molar-refractivity contribution in [2.24, 2.45) is 0 Å². The molecule has 0 saturated carbocycles. The standard InChI is InChI=1S/C11H8ClNOS/c1-6-10-11(15-5-13-10)8-3-2-7(12)4-9(8)14-6/h2-6H,1H3. The van der Waals surface area contributed by atoms with E-state index in [4.69, 9.17) is 16.3 Å². The highest BCUT2D eigenvalue weighted by molar-refractivity contribution is 7.13. The van der Waals surface area contributed by atoms with Gasteiger partial charge in [0.15, 0.2) is 0 Å². The minimum absolute atomic E-state index is 0.0113. The van der Waals surface area contributed by atoms with Crippen LogP contribution in [0.5, 0.6) is 5.75 Å². The van der Waals surface area contributed by atoms with Gasteiger partial charge in [0, 0.05) is 10.6 Å². The van der Waals surface area contributed by atoms with Crippen molar-refractivity contribution in [3.63, 3.8) is 0 Å². The molecular weight excluding hydrogens is 230 g/mol. The van der Waals surface area contributed by atoms with E-state index < -0.39 is 0 Å². The average Bonchev–Trinajstić information content (AvgIpc) is 2.66. The fourth-order valence-corrected chi connectivity index (χ4v) is 2.84. The van der Waals surface area contributed by atoms with Crippen LogP contribution in [0.15, 0.2) is 23.7 Å². The van der Waals surface area contributed by atoms with Gasteiger partial charge in [0.25, 0.3) is 0 Å². The third-order valence-corrected chi connectivity index (χ3v) is 3.58. The summed E-state index contributed by atoms with van der Waals surface area (Å²) in [5.41, 5.74) is 3.97. The summed E-state index contributed by atoms with van der Waals surface area (Å²) >= 11 is 7.58. The van der Waals surface area contributed by atoms with Crippen molar-refractivity contribution in [2.75, 3.05) is 0 Å². The number of fused-ring (bicyclic) bond motifs is 3. The summed E-state index contributed by atoms with van der Waals surface area (Å²) in [6.07, 6.45) is 0.0113. The summed E-state index contributed by atoms with van der Waals surface area (Å²) in [6.45, 7) is 2.00. The Hall–Kier alpha value is -1.06. The van der Waals surface area contributed by atoms with E-state index in [1.54, 1.807) is 11.3 Å². The Morgan fingerprint density at radius 3 is 3.20 bits per heavy atom. The van der Waals surface area contributed by atoms with Gasteiger partial charge in [-0.15, -0.1) is 11.3 Å². The monoisotopic (exact) mass is 237 g/mol. The molecule has 0 radical (unpaired) electrons. The first kappa shape index (κ1) is 9.19. The van der Waals surface area contributed by atoms with Crippen LogP contribution in [-0.4, -0.2) is 4.98 Å². The Morgan fingerprint density at radius 2 is 2.33 bits per heavy atom. The van der Waals surface area contributed by atoms with Crippen LogP contribution < -0.4 is 4.74 Å². The van der Waals surface area contributed by atoms with Gasteiger partial charge in [-0.25, -0.2) is 4.98 Å². The Bertz CT molecular complexity index is 523. The molecule has 3 rings (SSSR count). The predicted molar refractivity (Wildman–Crippen MR) is 61.6 cm³/mol. The Kier molecular flexibility index (Phi) is 1.97. The SMILES string of the molecule is CC1Oc2cc(Cl)ccc2-c2scnc21. The van der Waals surface area contributed by atoms with E-state index in [2.05, 4.69) is 4.98 Å². The largest absolute Gasteiger partial charge is 0.484 e. The van der Waals surface area contributed by atoms with Crippen molar-refractivity contribution in [3.05, 3.63) is 34.4 Å². The molecule has 76 valence electrons. The number of halogens is 1. The zero-order valence-electron chi connectivity index (χ0n) is 8.03. The molecule has 1 aliphatic heterocycles. The smallest absolute Gasteiger partial charge is 0.139 e. The van der Waals surface area contributed by atoms with E-state index in [0.29, 0.717) is 5.02 Å². The maximum absolute atomic E-state index is 5.93. The summed E-state index contributed by atoms with van der Waals surface area (Å²) in [5.74, 6) is 0.853. The van der Waals surface area contributed by atoms with Crippen LogP contribution in [-0.2, 0) is 0 Å². The van der Waals surface area contributed by atoms with Crippen molar-refractivity contribution in [1.29, 1.82) is 0 Å². The van der Waals surface area contributed by atoms with Gasteiger partial charge in [-0.1, -0.05) is 11.6 Å². The van der Waals surface area contributed by atoms with Gasteiger partial charge in [-0.2, -0.15) is 0 Å². The van der Waals surface area contributed by atoms with Crippen LogP contribution in [0, 0.1) is 0 Å². The van der Waals surface area contributed by atoms with E-state index in [1.165, 1.54) is 4.88 Å². The van der Waals surface area contributed by atoms with E-state index in [-0.39, 0.29) is 6.10 Å². The molecule has 2 nitrogen and oxygen atoms in total. The number of ether oxygens (including phenoxy) is 1. The van der Waals surface area contributed by atoms with Crippen molar-refractivity contribution in [1.82, 2.24) is 4.98 Å². The molecule has 0 aliphatic carbocycles. The van der Waals surface area contributed by atoms with Crippen LogP contribution >= 0.6 is 22.9 Å².